The predicted octanol–water partition coefficient (Wildman–Crippen LogP) is 3.19. The fourth-order valence-electron chi connectivity index (χ4n) is 2.66. The summed E-state index contributed by atoms with van der Waals surface area (Å²) in [6, 6.07) is 8.20. The van der Waals surface area contributed by atoms with E-state index in [0.29, 0.717) is 0 Å². The van der Waals surface area contributed by atoms with Crippen molar-refractivity contribution in [1.82, 2.24) is 4.90 Å². The number of hydrogen-bond donors (Lipinski definition) is 0. The first kappa shape index (κ1) is 15.3. The van der Waals surface area contributed by atoms with Gasteiger partial charge in [-0.15, -0.1) is 0 Å². The van der Waals surface area contributed by atoms with Gasteiger partial charge in [0.15, 0.2) is 0 Å². The van der Waals surface area contributed by atoms with E-state index in [2.05, 4.69) is 51.7 Å². The fraction of sp³-hybridized carbons (Fsp3) is 0.500. The molecule has 1 aromatic rings. The number of hydrogen-bond acceptors (Lipinski definition) is 3. The third kappa shape index (κ3) is 3.74. The maximum absolute atomic E-state index is 8.99. The molecule has 3 nitrogen and oxygen atoms in total. The largest absolute Gasteiger partial charge is 0.369 e. The van der Waals surface area contributed by atoms with E-state index in [1.54, 1.807) is 0 Å². The molecule has 0 aliphatic carbocycles. The molecule has 1 aliphatic rings. The molecule has 107 valence electrons. The van der Waals surface area contributed by atoms with E-state index in [-0.39, 0.29) is 0 Å². The lowest BCUT2D eigenvalue weighted by Gasteiger charge is -2.37. The van der Waals surface area contributed by atoms with Crippen molar-refractivity contribution < 1.29 is 0 Å². The Hall–Kier alpha value is -1.05. The lowest BCUT2D eigenvalue weighted by atomic mass is 10.1. The highest BCUT2D eigenvalue weighted by molar-refractivity contribution is 9.08. The highest BCUT2D eigenvalue weighted by atomic mass is 79.9. The normalized spacial score (nSPS) is 16.4. The number of rotatable bonds is 4. The monoisotopic (exact) mass is 334 g/mol. The van der Waals surface area contributed by atoms with Crippen LogP contribution in [0.25, 0.3) is 0 Å². The van der Waals surface area contributed by atoms with Gasteiger partial charge in [-0.1, -0.05) is 29.8 Å². The van der Waals surface area contributed by atoms with Crippen molar-refractivity contribution >= 4 is 21.6 Å². The maximum atomic E-state index is 8.99. The minimum Gasteiger partial charge on any atom is -0.369 e. The van der Waals surface area contributed by atoms with Gasteiger partial charge in [-0.05, 0) is 29.7 Å². The second-order valence-corrected chi connectivity index (χ2v) is 6.12. The molecule has 20 heavy (non-hydrogen) atoms. The molecule has 1 aromatic carbocycles. The van der Waals surface area contributed by atoms with Crippen LogP contribution in [0.2, 0.25) is 0 Å². The van der Waals surface area contributed by atoms with Gasteiger partial charge < -0.3 is 4.90 Å². The van der Waals surface area contributed by atoms with Crippen molar-refractivity contribution in [1.29, 1.82) is 5.26 Å². The van der Waals surface area contributed by atoms with Gasteiger partial charge in [-0.25, -0.2) is 0 Å². The molecule has 1 saturated heterocycles. The second kappa shape index (κ2) is 7.10. The molecule has 1 fully saturated rings. The summed E-state index contributed by atoms with van der Waals surface area (Å²) in [5.41, 5.74) is 3.20. The average Bonchev–Trinajstić information content (AvgIpc) is 2.47. The Kier molecular flexibility index (Phi) is 5.45. The van der Waals surface area contributed by atoms with Crippen LogP contribution in [0.3, 0.4) is 0 Å². The first-order valence-electron chi connectivity index (χ1n) is 6.99. The second-order valence-electron chi connectivity index (χ2n) is 5.56. The SMILES string of the molecule is C[C](C)CN1CCN(c2ccc(C#N)cc2CBr)CC1. The lowest BCUT2D eigenvalue weighted by molar-refractivity contribution is 0.267. The van der Waals surface area contributed by atoms with Gasteiger partial charge in [0, 0.05) is 43.7 Å². The molecule has 1 radical (unpaired) electrons. The molecule has 0 aromatic heterocycles. The molecular formula is C16H21BrN3. The number of nitrogens with zero attached hydrogens (tertiary/aromatic N) is 3. The summed E-state index contributed by atoms with van der Waals surface area (Å²) in [7, 11) is 0. The van der Waals surface area contributed by atoms with Gasteiger partial charge >= 0.3 is 0 Å². The summed E-state index contributed by atoms with van der Waals surface area (Å²) in [5.74, 6) is 1.47. The van der Waals surface area contributed by atoms with Gasteiger partial charge in [0.2, 0.25) is 0 Å². The summed E-state index contributed by atoms with van der Waals surface area (Å²) >= 11 is 3.53. The van der Waals surface area contributed by atoms with Crippen molar-refractivity contribution in [3.63, 3.8) is 0 Å². The van der Waals surface area contributed by atoms with Gasteiger partial charge in [-0.3, -0.25) is 4.90 Å². The third-order valence-corrected chi connectivity index (χ3v) is 4.21. The molecule has 0 N–H and O–H groups in total. The van der Waals surface area contributed by atoms with Crippen LogP contribution >= 0.6 is 15.9 Å². The van der Waals surface area contributed by atoms with Crippen LogP contribution in [0.4, 0.5) is 5.69 Å². The van der Waals surface area contributed by atoms with Gasteiger partial charge in [0.1, 0.15) is 0 Å². The van der Waals surface area contributed by atoms with Gasteiger partial charge in [0.05, 0.1) is 11.6 Å². The molecule has 0 spiro atoms. The number of alkyl halides is 1. The van der Waals surface area contributed by atoms with E-state index in [0.717, 1.165) is 43.6 Å². The van der Waals surface area contributed by atoms with E-state index in [4.69, 9.17) is 5.26 Å². The maximum Gasteiger partial charge on any atom is 0.0991 e. The summed E-state index contributed by atoms with van der Waals surface area (Å²) in [6.07, 6.45) is 0. The van der Waals surface area contributed by atoms with Crippen molar-refractivity contribution in [2.75, 3.05) is 37.6 Å². The smallest absolute Gasteiger partial charge is 0.0991 e. The first-order chi connectivity index (χ1) is 9.63. The molecule has 1 heterocycles. The Morgan fingerprint density at radius 1 is 1.25 bits per heavy atom. The molecule has 4 heteroatoms. The van der Waals surface area contributed by atoms with Crippen LogP contribution in [-0.2, 0) is 5.33 Å². The van der Waals surface area contributed by atoms with Crippen molar-refractivity contribution in [2.24, 2.45) is 0 Å². The van der Waals surface area contributed by atoms with E-state index in [1.807, 2.05) is 12.1 Å². The summed E-state index contributed by atoms with van der Waals surface area (Å²) in [4.78, 5) is 4.93. The number of nitriles is 1. The van der Waals surface area contributed by atoms with E-state index >= 15 is 0 Å². The highest BCUT2D eigenvalue weighted by Crippen LogP contribution is 2.25. The van der Waals surface area contributed by atoms with Gasteiger partial charge in [0.25, 0.3) is 0 Å². The zero-order chi connectivity index (χ0) is 14.5. The summed E-state index contributed by atoms with van der Waals surface area (Å²) < 4.78 is 0. The molecule has 0 bridgehead atoms. The minimum absolute atomic E-state index is 0.734. The van der Waals surface area contributed by atoms with Crippen LogP contribution in [0.15, 0.2) is 18.2 Å². The zero-order valence-electron chi connectivity index (χ0n) is 12.2. The zero-order valence-corrected chi connectivity index (χ0v) is 13.8. The van der Waals surface area contributed by atoms with E-state index < -0.39 is 0 Å². The Labute approximate surface area is 130 Å². The van der Waals surface area contributed by atoms with Crippen molar-refractivity contribution in [3.8, 4) is 6.07 Å². The minimum atomic E-state index is 0.734. The third-order valence-electron chi connectivity index (χ3n) is 3.61. The Balaban J connectivity index is 2.05. The first-order valence-corrected chi connectivity index (χ1v) is 8.11. The van der Waals surface area contributed by atoms with Crippen LogP contribution in [-0.4, -0.2) is 37.6 Å². The Bertz CT molecular complexity index is 485. The number of benzene rings is 1. The predicted molar refractivity (Wildman–Crippen MR) is 87.0 cm³/mol. The van der Waals surface area contributed by atoms with Crippen LogP contribution in [0.5, 0.6) is 0 Å². The quantitative estimate of drug-likeness (QED) is 0.792. The van der Waals surface area contributed by atoms with Crippen molar-refractivity contribution in [3.05, 3.63) is 35.2 Å². The molecule has 2 rings (SSSR count). The van der Waals surface area contributed by atoms with Crippen molar-refractivity contribution in [2.45, 2.75) is 19.2 Å². The molecule has 0 saturated carbocycles. The Morgan fingerprint density at radius 3 is 2.50 bits per heavy atom. The van der Waals surface area contributed by atoms with E-state index in [9.17, 15) is 0 Å². The molecule has 1 aliphatic heterocycles. The fourth-order valence-corrected chi connectivity index (χ4v) is 3.11. The highest BCUT2D eigenvalue weighted by Gasteiger charge is 2.19. The average molecular weight is 335 g/mol. The summed E-state index contributed by atoms with van der Waals surface area (Å²) in [5, 5.41) is 9.78. The lowest BCUT2D eigenvalue weighted by Crippen LogP contribution is -2.47. The van der Waals surface area contributed by atoms with Gasteiger partial charge in [-0.2, -0.15) is 5.26 Å². The Morgan fingerprint density at radius 2 is 1.95 bits per heavy atom. The van der Waals surface area contributed by atoms with Crippen LogP contribution in [0.1, 0.15) is 25.0 Å². The molecule has 0 amide bonds. The standard InChI is InChI=1S/C16H21BrN3/c1-13(2)12-19-5-7-20(8-6-19)16-4-3-14(11-18)9-15(16)10-17/h3-4,9H,5-8,10,12H2,1-2H3. The number of halogens is 1. The van der Waals surface area contributed by atoms with E-state index in [1.165, 1.54) is 17.2 Å². The summed E-state index contributed by atoms with van der Waals surface area (Å²) in [6.45, 7) is 9.80. The van der Waals surface area contributed by atoms with Crippen LogP contribution in [0, 0.1) is 17.2 Å². The molecular weight excluding hydrogens is 314 g/mol. The molecule has 0 unspecified atom stereocenters. The number of piperazine rings is 1. The topological polar surface area (TPSA) is 30.3 Å². The molecule has 0 atom stereocenters. The van der Waals surface area contributed by atoms with Crippen LogP contribution < -0.4 is 4.90 Å². The number of anilines is 1.